The molecule has 0 bridgehead atoms. The fraction of sp³-hybridized carbons (Fsp3) is 0.500. The van der Waals surface area contributed by atoms with Gasteiger partial charge in [0.25, 0.3) is 5.92 Å². The van der Waals surface area contributed by atoms with Gasteiger partial charge in [0.05, 0.1) is 0 Å². The summed E-state index contributed by atoms with van der Waals surface area (Å²) in [6.07, 6.45) is 2.51. The van der Waals surface area contributed by atoms with Gasteiger partial charge >= 0.3 is 0 Å². The average Bonchev–Trinajstić information content (AvgIpc) is 2.26. The quantitative estimate of drug-likeness (QED) is 0.876. The second-order valence-electron chi connectivity index (χ2n) is 4.32. The summed E-state index contributed by atoms with van der Waals surface area (Å²) in [6, 6.07) is 6.28. The van der Waals surface area contributed by atoms with Crippen molar-refractivity contribution in [2.45, 2.75) is 46.0 Å². The highest BCUT2D eigenvalue weighted by Gasteiger charge is 2.23. The zero-order valence-electron chi connectivity index (χ0n) is 11.2. The number of hydrogen-bond acceptors (Lipinski definition) is 1. The van der Waals surface area contributed by atoms with E-state index in [1.54, 1.807) is 12.1 Å². The van der Waals surface area contributed by atoms with E-state index in [1.807, 2.05) is 13.8 Å². The molecule has 0 saturated heterocycles. The van der Waals surface area contributed by atoms with Crippen molar-refractivity contribution in [2.75, 3.05) is 0 Å². The monoisotopic (exact) mass is 257 g/mol. The molecule has 1 aromatic rings. The van der Waals surface area contributed by atoms with Gasteiger partial charge in [0, 0.05) is 18.9 Å². The molecule has 2 nitrogen and oxygen atoms in total. The Hall–Kier alpha value is -1.45. The normalized spacial score (nSPS) is 10.5. The molecule has 0 fully saturated rings. The lowest BCUT2D eigenvalue weighted by atomic mass is 10.1. The molecule has 0 aliphatic heterocycles. The molecule has 18 heavy (non-hydrogen) atoms. The van der Waals surface area contributed by atoms with E-state index in [0.717, 1.165) is 25.3 Å². The molecule has 0 heterocycles. The van der Waals surface area contributed by atoms with Crippen molar-refractivity contribution in [3.8, 4) is 0 Å². The number of rotatable bonds is 4. The molecule has 1 rings (SSSR count). The van der Waals surface area contributed by atoms with E-state index < -0.39 is 5.92 Å². The Balaban J connectivity index is 0.000000360. The summed E-state index contributed by atoms with van der Waals surface area (Å²) in [4.78, 5) is 9.98. The van der Waals surface area contributed by atoms with E-state index >= 15 is 0 Å². The molecule has 1 aromatic carbocycles. The lowest BCUT2D eigenvalue weighted by molar-refractivity contribution is -0.118. The smallest absolute Gasteiger partial charge is 0.270 e. The Labute approximate surface area is 107 Å². The molecule has 0 aliphatic rings. The molecule has 0 saturated carbocycles. The molecule has 4 heteroatoms. The fourth-order valence-corrected chi connectivity index (χ4v) is 1.20. The van der Waals surface area contributed by atoms with Crippen LogP contribution < -0.4 is 5.73 Å². The molecule has 2 N–H and O–H groups in total. The molecule has 0 aliphatic carbocycles. The van der Waals surface area contributed by atoms with E-state index in [9.17, 15) is 13.6 Å². The summed E-state index contributed by atoms with van der Waals surface area (Å²) < 4.78 is 25.2. The van der Waals surface area contributed by atoms with Gasteiger partial charge < -0.3 is 5.73 Å². The second kappa shape index (κ2) is 7.80. The maximum absolute atomic E-state index is 12.6. The number of carbonyl (C=O) groups excluding carboxylic acids is 1. The third kappa shape index (κ3) is 7.76. The lowest BCUT2D eigenvalue weighted by Crippen LogP contribution is -2.09. The molecule has 0 unspecified atom stereocenters. The summed E-state index contributed by atoms with van der Waals surface area (Å²) in [5.74, 6) is -2.91. The SMILES string of the molecule is CCCCC(N)=O.Cc1ccc(C(C)(F)F)cc1. The van der Waals surface area contributed by atoms with Crippen LogP contribution in [-0.4, -0.2) is 5.91 Å². The Morgan fingerprint density at radius 2 is 1.78 bits per heavy atom. The minimum atomic E-state index is -2.71. The van der Waals surface area contributed by atoms with Crippen LogP contribution in [0.3, 0.4) is 0 Å². The molecule has 1 amide bonds. The molecule has 0 spiro atoms. The van der Waals surface area contributed by atoms with Crippen LogP contribution in [0.1, 0.15) is 44.2 Å². The predicted molar refractivity (Wildman–Crippen MR) is 69.5 cm³/mol. The minimum absolute atomic E-state index is 0.0723. The average molecular weight is 257 g/mol. The Morgan fingerprint density at radius 3 is 2.06 bits per heavy atom. The maximum Gasteiger partial charge on any atom is 0.270 e. The summed E-state index contributed by atoms with van der Waals surface area (Å²) in [5, 5.41) is 0. The second-order valence-corrected chi connectivity index (χ2v) is 4.32. The van der Waals surface area contributed by atoms with Crippen LogP contribution in [-0.2, 0) is 10.7 Å². The van der Waals surface area contributed by atoms with E-state index in [1.165, 1.54) is 12.1 Å². The summed E-state index contributed by atoms with van der Waals surface area (Å²) >= 11 is 0. The number of benzene rings is 1. The van der Waals surface area contributed by atoms with Gasteiger partial charge in [-0.3, -0.25) is 4.79 Å². The molecular formula is C14H21F2NO. The fourth-order valence-electron chi connectivity index (χ4n) is 1.20. The van der Waals surface area contributed by atoms with Crippen molar-refractivity contribution in [3.05, 3.63) is 35.4 Å². The van der Waals surface area contributed by atoms with Crippen molar-refractivity contribution in [3.63, 3.8) is 0 Å². The van der Waals surface area contributed by atoms with Gasteiger partial charge in [0.1, 0.15) is 0 Å². The number of primary amides is 1. The number of unbranched alkanes of at least 4 members (excludes halogenated alkanes) is 1. The number of hydrogen-bond donors (Lipinski definition) is 1. The highest BCUT2D eigenvalue weighted by atomic mass is 19.3. The van der Waals surface area contributed by atoms with Gasteiger partial charge in [0.15, 0.2) is 0 Å². The van der Waals surface area contributed by atoms with Crippen LogP contribution in [0.4, 0.5) is 8.78 Å². The van der Waals surface area contributed by atoms with Crippen LogP contribution in [0.25, 0.3) is 0 Å². The largest absolute Gasteiger partial charge is 0.370 e. The number of carbonyl (C=O) groups is 1. The van der Waals surface area contributed by atoms with Crippen LogP contribution in [0, 0.1) is 6.92 Å². The standard InChI is InChI=1S/C9H10F2.C5H11NO/c1-7-3-5-8(6-4-7)9(2,10)11;1-2-3-4-5(6)7/h3-6H,1-2H3;2-4H2,1H3,(H2,6,7). The number of nitrogens with two attached hydrogens (primary N) is 1. The molecule has 102 valence electrons. The summed E-state index contributed by atoms with van der Waals surface area (Å²) in [6.45, 7) is 4.80. The highest BCUT2D eigenvalue weighted by molar-refractivity contribution is 5.73. The van der Waals surface area contributed by atoms with Crippen LogP contribution in [0.2, 0.25) is 0 Å². The van der Waals surface area contributed by atoms with Crippen molar-refractivity contribution in [2.24, 2.45) is 5.73 Å². The Bertz CT molecular complexity index is 355. The molecule has 0 atom stereocenters. The minimum Gasteiger partial charge on any atom is -0.370 e. The van der Waals surface area contributed by atoms with E-state index in [-0.39, 0.29) is 11.5 Å². The zero-order chi connectivity index (χ0) is 14.2. The maximum atomic E-state index is 12.6. The van der Waals surface area contributed by atoms with Crippen molar-refractivity contribution >= 4 is 5.91 Å². The van der Waals surface area contributed by atoms with E-state index in [0.29, 0.717) is 6.42 Å². The van der Waals surface area contributed by atoms with Gasteiger partial charge in [-0.1, -0.05) is 43.2 Å². The van der Waals surface area contributed by atoms with Gasteiger partial charge in [-0.25, -0.2) is 8.78 Å². The lowest BCUT2D eigenvalue weighted by Gasteiger charge is -2.09. The number of amides is 1. The van der Waals surface area contributed by atoms with Gasteiger partial charge in [-0.15, -0.1) is 0 Å². The predicted octanol–water partition coefficient (Wildman–Crippen LogP) is 3.77. The molecular weight excluding hydrogens is 236 g/mol. The number of alkyl halides is 2. The Kier molecular flexibility index (Phi) is 7.17. The van der Waals surface area contributed by atoms with Crippen molar-refractivity contribution in [1.29, 1.82) is 0 Å². The van der Waals surface area contributed by atoms with Crippen LogP contribution >= 0.6 is 0 Å². The first-order valence-corrected chi connectivity index (χ1v) is 6.00. The van der Waals surface area contributed by atoms with Gasteiger partial charge in [0.2, 0.25) is 5.91 Å². The van der Waals surface area contributed by atoms with E-state index in [4.69, 9.17) is 5.73 Å². The van der Waals surface area contributed by atoms with Crippen LogP contribution in [0.5, 0.6) is 0 Å². The molecule has 0 aromatic heterocycles. The van der Waals surface area contributed by atoms with E-state index in [2.05, 4.69) is 0 Å². The first-order valence-electron chi connectivity index (χ1n) is 6.00. The first-order chi connectivity index (χ1) is 8.27. The number of halogens is 2. The third-order valence-electron chi connectivity index (χ3n) is 2.34. The zero-order valence-corrected chi connectivity index (χ0v) is 11.2. The topological polar surface area (TPSA) is 43.1 Å². The number of aryl methyl sites for hydroxylation is 1. The summed E-state index contributed by atoms with van der Waals surface area (Å²) in [5.41, 5.74) is 5.91. The highest BCUT2D eigenvalue weighted by Crippen LogP contribution is 2.26. The van der Waals surface area contributed by atoms with Crippen molar-refractivity contribution < 1.29 is 13.6 Å². The third-order valence-corrected chi connectivity index (χ3v) is 2.34. The van der Waals surface area contributed by atoms with Gasteiger partial charge in [-0.05, 0) is 13.3 Å². The Morgan fingerprint density at radius 1 is 1.28 bits per heavy atom. The molecule has 0 radical (unpaired) electrons. The summed E-state index contributed by atoms with van der Waals surface area (Å²) in [7, 11) is 0. The van der Waals surface area contributed by atoms with Crippen LogP contribution in [0.15, 0.2) is 24.3 Å². The van der Waals surface area contributed by atoms with Gasteiger partial charge in [-0.2, -0.15) is 0 Å². The first kappa shape index (κ1) is 16.6. The van der Waals surface area contributed by atoms with Crippen molar-refractivity contribution in [1.82, 2.24) is 0 Å².